The fraction of sp³-hybridized carbons (Fsp3) is 0.235. The third kappa shape index (κ3) is 4.07. The summed E-state index contributed by atoms with van der Waals surface area (Å²) in [5, 5.41) is 12.4. The van der Waals surface area contributed by atoms with Crippen molar-refractivity contribution in [1.29, 1.82) is 0 Å². The molecule has 21 heavy (non-hydrogen) atoms. The van der Waals surface area contributed by atoms with Crippen molar-refractivity contribution >= 4 is 5.97 Å². The van der Waals surface area contributed by atoms with Crippen LogP contribution in [0.1, 0.15) is 34.5 Å². The van der Waals surface area contributed by atoms with Crippen molar-refractivity contribution in [2.24, 2.45) is 0 Å². The Morgan fingerprint density at radius 3 is 2.57 bits per heavy atom. The van der Waals surface area contributed by atoms with Crippen LogP contribution in [0.5, 0.6) is 5.75 Å². The number of rotatable bonds is 6. The summed E-state index contributed by atoms with van der Waals surface area (Å²) in [7, 11) is 1.64. The van der Waals surface area contributed by atoms with Gasteiger partial charge in [0.2, 0.25) is 0 Å². The first-order valence-electron chi connectivity index (χ1n) is 6.79. The third-order valence-corrected chi connectivity index (χ3v) is 3.40. The molecule has 0 fully saturated rings. The summed E-state index contributed by atoms with van der Waals surface area (Å²) in [6.45, 7) is 2.69. The monoisotopic (exact) mass is 285 g/mol. The molecular formula is C17H19NO3. The molecule has 0 saturated heterocycles. The summed E-state index contributed by atoms with van der Waals surface area (Å²) < 4.78 is 5.14. The number of carboxylic acids is 1. The highest BCUT2D eigenvalue weighted by atomic mass is 16.5. The van der Waals surface area contributed by atoms with E-state index in [-0.39, 0.29) is 6.04 Å². The molecule has 0 unspecified atom stereocenters. The Morgan fingerprint density at radius 2 is 1.95 bits per heavy atom. The van der Waals surface area contributed by atoms with E-state index in [1.54, 1.807) is 25.3 Å². The molecule has 110 valence electrons. The quantitative estimate of drug-likeness (QED) is 0.855. The molecule has 1 atom stereocenters. The van der Waals surface area contributed by atoms with Gasteiger partial charge < -0.3 is 15.2 Å². The van der Waals surface area contributed by atoms with Crippen molar-refractivity contribution in [2.45, 2.75) is 19.5 Å². The molecule has 0 aliphatic heterocycles. The highest BCUT2D eigenvalue weighted by Gasteiger charge is 2.07. The summed E-state index contributed by atoms with van der Waals surface area (Å²) in [5.74, 6) is -0.0693. The van der Waals surface area contributed by atoms with Crippen LogP contribution in [0.3, 0.4) is 0 Å². The molecule has 0 spiro atoms. The Labute approximate surface area is 124 Å². The van der Waals surface area contributed by atoms with Gasteiger partial charge in [0, 0.05) is 12.6 Å². The van der Waals surface area contributed by atoms with Gasteiger partial charge in [-0.15, -0.1) is 0 Å². The summed E-state index contributed by atoms with van der Waals surface area (Å²) in [4.78, 5) is 10.9. The van der Waals surface area contributed by atoms with E-state index in [2.05, 4.69) is 12.2 Å². The molecule has 0 heterocycles. The second-order valence-corrected chi connectivity index (χ2v) is 4.88. The van der Waals surface area contributed by atoms with Crippen LogP contribution in [0.25, 0.3) is 0 Å². The standard InChI is InChI=1S/C17H19NO3/c1-12(14-6-8-16(21-2)9-7-14)18-11-13-4-3-5-15(10-13)17(19)20/h3-10,12,18H,11H2,1-2H3,(H,19,20)/t12-/m0/s1. The smallest absolute Gasteiger partial charge is 0.335 e. The predicted octanol–water partition coefficient (Wildman–Crippen LogP) is 3.24. The van der Waals surface area contributed by atoms with Crippen LogP contribution in [0.4, 0.5) is 0 Å². The van der Waals surface area contributed by atoms with Crippen LogP contribution >= 0.6 is 0 Å². The molecule has 2 aromatic rings. The lowest BCUT2D eigenvalue weighted by atomic mass is 10.1. The van der Waals surface area contributed by atoms with Gasteiger partial charge in [-0.3, -0.25) is 0 Å². The fourth-order valence-corrected chi connectivity index (χ4v) is 2.10. The molecule has 0 saturated carbocycles. The van der Waals surface area contributed by atoms with Crippen molar-refractivity contribution in [2.75, 3.05) is 7.11 Å². The maximum Gasteiger partial charge on any atom is 0.335 e. The molecule has 2 aromatic carbocycles. The maximum atomic E-state index is 10.9. The van der Waals surface area contributed by atoms with Gasteiger partial charge in [0.25, 0.3) is 0 Å². The summed E-state index contributed by atoms with van der Waals surface area (Å²) in [6, 6.07) is 15.0. The van der Waals surface area contributed by atoms with Crippen molar-refractivity contribution in [3.8, 4) is 5.75 Å². The Hall–Kier alpha value is -2.33. The minimum Gasteiger partial charge on any atom is -0.497 e. The number of ether oxygens (including phenoxy) is 1. The van der Waals surface area contributed by atoms with Crippen molar-refractivity contribution in [1.82, 2.24) is 5.32 Å². The van der Waals surface area contributed by atoms with Gasteiger partial charge >= 0.3 is 5.97 Å². The predicted molar refractivity (Wildman–Crippen MR) is 81.7 cm³/mol. The zero-order chi connectivity index (χ0) is 15.2. The van der Waals surface area contributed by atoms with E-state index in [4.69, 9.17) is 9.84 Å². The Bertz CT molecular complexity index is 608. The summed E-state index contributed by atoms with van der Waals surface area (Å²) in [6.07, 6.45) is 0. The average molecular weight is 285 g/mol. The number of hydrogen-bond donors (Lipinski definition) is 2. The van der Waals surface area contributed by atoms with Gasteiger partial charge in [0.05, 0.1) is 12.7 Å². The number of benzene rings is 2. The largest absolute Gasteiger partial charge is 0.497 e. The number of nitrogens with one attached hydrogen (secondary N) is 1. The number of carboxylic acid groups (broad SMARTS) is 1. The van der Waals surface area contributed by atoms with Crippen LogP contribution in [0.15, 0.2) is 48.5 Å². The lowest BCUT2D eigenvalue weighted by Gasteiger charge is -2.15. The van der Waals surface area contributed by atoms with Crippen LogP contribution in [0.2, 0.25) is 0 Å². The SMILES string of the molecule is COc1ccc([C@H](C)NCc2cccc(C(=O)O)c2)cc1. The normalized spacial score (nSPS) is 11.9. The molecule has 4 nitrogen and oxygen atoms in total. The number of methoxy groups -OCH3 is 1. The Balaban J connectivity index is 1.98. The molecule has 0 amide bonds. The molecule has 0 aliphatic rings. The van der Waals surface area contributed by atoms with Crippen LogP contribution in [-0.4, -0.2) is 18.2 Å². The minimum absolute atomic E-state index is 0.171. The van der Waals surface area contributed by atoms with Crippen LogP contribution in [0, 0.1) is 0 Å². The third-order valence-electron chi connectivity index (χ3n) is 3.40. The molecule has 2 N–H and O–H groups in total. The van der Waals surface area contributed by atoms with E-state index in [9.17, 15) is 4.79 Å². The van der Waals surface area contributed by atoms with E-state index in [0.29, 0.717) is 12.1 Å². The lowest BCUT2D eigenvalue weighted by Crippen LogP contribution is -2.18. The van der Waals surface area contributed by atoms with Gasteiger partial charge in [-0.2, -0.15) is 0 Å². The molecular weight excluding hydrogens is 266 g/mol. The lowest BCUT2D eigenvalue weighted by molar-refractivity contribution is 0.0696. The fourth-order valence-electron chi connectivity index (χ4n) is 2.10. The molecule has 0 aliphatic carbocycles. The first-order valence-corrected chi connectivity index (χ1v) is 6.79. The van der Waals surface area contributed by atoms with Crippen LogP contribution < -0.4 is 10.1 Å². The zero-order valence-electron chi connectivity index (χ0n) is 12.2. The topological polar surface area (TPSA) is 58.6 Å². The van der Waals surface area contributed by atoms with E-state index in [0.717, 1.165) is 16.9 Å². The van der Waals surface area contributed by atoms with Gasteiger partial charge in [0.1, 0.15) is 5.75 Å². The number of hydrogen-bond acceptors (Lipinski definition) is 3. The second-order valence-electron chi connectivity index (χ2n) is 4.88. The highest BCUT2D eigenvalue weighted by Crippen LogP contribution is 2.17. The van der Waals surface area contributed by atoms with E-state index in [1.807, 2.05) is 30.3 Å². The number of aromatic carboxylic acids is 1. The highest BCUT2D eigenvalue weighted by molar-refractivity contribution is 5.87. The van der Waals surface area contributed by atoms with Crippen molar-refractivity contribution in [3.63, 3.8) is 0 Å². The van der Waals surface area contributed by atoms with E-state index in [1.165, 1.54) is 0 Å². The van der Waals surface area contributed by atoms with Crippen LogP contribution in [-0.2, 0) is 6.54 Å². The van der Waals surface area contributed by atoms with Gasteiger partial charge in [0.15, 0.2) is 0 Å². The summed E-state index contributed by atoms with van der Waals surface area (Å²) in [5.41, 5.74) is 2.42. The zero-order valence-corrected chi connectivity index (χ0v) is 12.2. The van der Waals surface area contributed by atoms with Gasteiger partial charge in [-0.1, -0.05) is 24.3 Å². The first-order chi connectivity index (χ1) is 10.1. The molecule has 2 rings (SSSR count). The summed E-state index contributed by atoms with van der Waals surface area (Å²) >= 11 is 0. The second kappa shape index (κ2) is 6.90. The van der Waals surface area contributed by atoms with Gasteiger partial charge in [-0.25, -0.2) is 4.79 Å². The molecule has 0 aromatic heterocycles. The van der Waals surface area contributed by atoms with Crippen molar-refractivity contribution < 1.29 is 14.6 Å². The van der Waals surface area contributed by atoms with E-state index < -0.39 is 5.97 Å². The van der Waals surface area contributed by atoms with Crippen molar-refractivity contribution in [3.05, 3.63) is 65.2 Å². The average Bonchev–Trinajstić information content (AvgIpc) is 2.53. The van der Waals surface area contributed by atoms with E-state index >= 15 is 0 Å². The van der Waals surface area contributed by atoms with Gasteiger partial charge in [-0.05, 0) is 42.3 Å². The molecule has 0 radical (unpaired) electrons. The minimum atomic E-state index is -0.903. The Morgan fingerprint density at radius 1 is 1.24 bits per heavy atom. The maximum absolute atomic E-state index is 10.9. The first kappa shape index (κ1) is 15.1. The Kier molecular flexibility index (Phi) is 4.95. The molecule has 4 heteroatoms. The number of carbonyl (C=O) groups is 1. The molecule has 0 bridgehead atoms.